The maximum Gasteiger partial charge on any atom is 0.416 e. The highest BCUT2D eigenvalue weighted by Crippen LogP contribution is 2.32. The third-order valence-corrected chi connectivity index (χ3v) is 4.89. The predicted octanol–water partition coefficient (Wildman–Crippen LogP) is 5.20. The maximum absolute atomic E-state index is 12.7. The zero-order valence-corrected chi connectivity index (χ0v) is 14.3. The van der Waals surface area contributed by atoms with Gasteiger partial charge in [0.25, 0.3) is 0 Å². The summed E-state index contributed by atoms with van der Waals surface area (Å²) in [5, 5.41) is 0. The summed E-state index contributed by atoms with van der Waals surface area (Å²) in [5.41, 5.74) is 1.51. The van der Waals surface area contributed by atoms with Crippen molar-refractivity contribution in [2.24, 2.45) is 0 Å². The van der Waals surface area contributed by atoms with Crippen molar-refractivity contribution in [1.29, 1.82) is 0 Å². The van der Waals surface area contributed by atoms with E-state index in [2.05, 4.69) is 28.9 Å². The smallest absolute Gasteiger partial charge is 0.371 e. The molecule has 0 unspecified atom stereocenters. The molecule has 0 spiro atoms. The van der Waals surface area contributed by atoms with E-state index in [4.69, 9.17) is 0 Å². The first-order valence-electron chi connectivity index (χ1n) is 8.73. The van der Waals surface area contributed by atoms with E-state index >= 15 is 0 Å². The Morgan fingerprint density at radius 3 is 2.08 bits per heavy atom. The molecule has 25 heavy (non-hydrogen) atoms. The molecule has 1 heterocycles. The number of para-hydroxylation sites is 1. The van der Waals surface area contributed by atoms with Gasteiger partial charge in [-0.15, -0.1) is 0 Å². The molecule has 0 aliphatic carbocycles. The van der Waals surface area contributed by atoms with Crippen LogP contribution in [0.3, 0.4) is 0 Å². The van der Waals surface area contributed by atoms with E-state index in [-0.39, 0.29) is 0 Å². The molecule has 1 fully saturated rings. The first-order chi connectivity index (χ1) is 12.0. The zero-order chi connectivity index (χ0) is 17.9. The first kappa shape index (κ1) is 17.6. The molecule has 0 aromatic heterocycles. The second kappa shape index (κ2) is 7.38. The Morgan fingerprint density at radius 2 is 1.56 bits per heavy atom. The summed E-state index contributed by atoms with van der Waals surface area (Å²) >= 11 is 0. The van der Waals surface area contributed by atoms with Gasteiger partial charge in [-0.1, -0.05) is 18.2 Å². The fourth-order valence-corrected chi connectivity index (χ4v) is 3.57. The molecule has 1 saturated heterocycles. The Bertz CT molecular complexity index is 660. The molecular weight excluding hydrogens is 325 g/mol. The minimum Gasteiger partial charge on any atom is -0.371 e. The Labute approximate surface area is 146 Å². The molecule has 0 amide bonds. The van der Waals surface area contributed by atoms with Crippen LogP contribution in [-0.4, -0.2) is 25.7 Å². The van der Waals surface area contributed by atoms with Crippen molar-refractivity contribution in [3.63, 3.8) is 0 Å². The third-order valence-electron chi connectivity index (χ3n) is 4.89. The molecule has 2 nitrogen and oxygen atoms in total. The summed E-state index contributed by atoms with van der Waals surface area (Å²) in [6.07, 6.45) is -2.27. The van der Waals surface area contributed by atoms with Gasteiger partial charge in [0.1, 0.15) is 0 Å². The van der Waals surface area contributed by atoms with Crippen molar-refractivity contribution in [2.75, 3.05) is 29.4 Å². The van der Waals surface area contributed by atoms with Gasteiger partial charge in [-0.25, -0.2) is 0 Å². The highest BCUT2D eigenvalue weighted by atomic mass is 19.4. The van der Waals surface area contributed by atoms with Gasteiger partial charge in [-0.05, 0) is 56.2 Å². The number of hydrogen-bond donors (Lipinski definition) is 0. The summed E-state index contributed by atoms with van der Waals surface area (Å²) in [6.45, 7) is 4.78. The highest BCUT2D eigenvalue weighted by Gasteiger charge is 2.30. The van der Waals surface area contributed by atoms with E-state index in [9.17, 15) is 13.2 Å². The molecule has 0 radical (unpaired) electrons. The molecular formula is C20H23F3N2. The molecule has 1 aliphatic heterocycles. The summed E-state index contributed by atoms with van der Waals surface area (Å²) in [7, 11) is 0. The number of nitrogens with zero attached hydrogens (tertiary/aromatic N) is 2. The van der Waals surface area contributed by atoms with Gasteiger partial charge in [0.2, 0.25) is 0 Å². The van der Waals surface area contributed by atoms with Gasteiger partial charge in [-0.3, -0.25) is 0 Å². The third kappa shape index (κ3) is 4.09. The number of anilines is 2. The van der Waals surface area contributed by atoms with Crippen molar-refractivity contribution in [1.82, 2.24) is 0 Å². The Morgan fingerprint density at radius 1 is 0.960 bits per heavy atom. The second-order valence-corrected chi connectivity index (χ2v) is 6.38. The standard InChI is InChI=1S/C20H23F3N2/c1-2-25(18-10-8-16(9-11-18)20(21,22)23)19-12-14-24(15-13-19)17-6-4-3-5-7-17/h3-11,19H,2,12-15H2,1H3. The van der Waals surface area contributed by atoms with Gasteiger partial charge in [0, 0.05) is 37.1 Å². The molecule has 2 aromatic carbocycles. The van der Waals surface area contributed by atoms with Gasteiger partial charge in [0.15, 0.2) is 0 Å². The average Bonchev–Trinajstić information content (AvgIpc) is 2.63. The summed E-state index contributed by atoms with van der Waals surface area (Å²) in [5.74, 6) is 0. The Kier molecular flexibility index (Phi) is 5.21. The number of alkyl halides is 3. The van der Waals surface area contributed by atoms with Crippen molar-refractivity contribution >= 4 is 11.4 Å². The number of benzene rings is 2. The van der Waals surface area contributed by atoms with Crippen LogP contribution < -0.4 is 9.80 Å². The molecule has 0 saturated carbocycles. The van der Waals surface area contributed by atoms with Crippen LogP contribution >= 0.6 is 0 Å². The predicted molar refractivity (Wildman–Crippen MR) is 96.1 cm³/mol. The molecule has 5 heteroatoms. The van der Waals surface area contributed by atoms with Crippen LogP contribution in [0.1, 0.15) is 25.3 Å². The monoisotopic (exact) mass is 348 g/mol. The van der Waals surface area contributed by atoms with Crippen LogP contribution in [0.4, 0.5) is 24.5 Å². The molecule has 0 bridgehead atoms. The van der Waals surface area contributed by atoms with E-state index in [0.717, 1.165) is 38.2 Å². The lowest BCUT2D eigenvalue weighted by atomic mass is 10.0. The minimum absolute atomic E-state index is 0.363. The lowest BCUT2D eigenvalue weighted by Gasteiger charge is -2.40. The molecule has 0 N–H and O–H groups in total. The van der Waals surface area contributed by atoms with Crippen LogP contribution in [-0.2, 0) is 6.18 Å². The van der Waals surface area contributed by atoms with Crippen LogP contribution in [0, 0.1) is 0 Å². The lowest BCUT2D eigenvalue weighted by Crippen LogP contribution is -2.45. The lowest BCUT2D eigenvalue weighted by molar-refractivity contribution is -0.137. The second-order valence-electron chi connectivity index (χ2n) is 6.38. The Balaban J connectivity index is 1.66. The fraction of sp³-hybridized carbons (Fsp3) is 0.400. The van der Waals surface area contributed by atoms with Gasteiger partial charge < -0.3 is 9.80 Å². The molecule has 0 atom stereocenters. The normalized spacial score (nSPS) is 16.1. The minimum atomic E-state index is -4.28. The van der Waals surface area contributed by atoms with Crippen LogP contribution in [0.2, 0.25) is 0 Å². The van der Waals surface area contributed by atoms with Gasteiger partial charge in [0.05, 0.1) is 5.56 Å². The van der Waals surface area contributed by atoms with Gasteiger partial charge >= 0.3 is 6.18 Å². The van der Waals surface area contributed by atoms with Crippen molar-refractivity contribution in [3.8, 4) is 0 Å². The molecule has 3 rings (SSSR count). The van der Waals surface area contributed by atoms with Gasteiger partial charge in [-0.2, -0.15) is 13.2 Å². The van der Waals surface area contributed by atoms with E-state index in [0.29, 0.717) is 6.04 Å². The largest absolute Gasteiger partial charge is 0.416 e. The highest BCUT2D eigenvalue weighted by molar-refractivity contribution is 5.50. The number of piperidine rings is 1. The van der Waals surface area contributed by atoms with Crippen LogP contribution in [0.25, 0.3) is 0 Å². The number of rotatable bonds is 4. The Hall–Kier alpha value is -2.17. The molecule has 1 aliphatic rings. The fourth-order valence-electron chi connectivity index (χ4n) is 3.57. The maximum atomic E-state index is 12.7. The average molecular weight is 348 g/mol. The number of halogens is 3. The quantitative estimate of drug-likeness (QED) is 0.749. The number of hydrogen-bond acceptors (Lipinski definition) is 2. The van der Waals surface area contributed by atoms with Crippen molar-refractivity contribution in [2.45, 2.75) is 32.0 Å². The van der Waals surface area contributed by atoms with E-state index in [1.54, 1.807) is 12.1 Å². The topological polar surface area (TPSA) is 6.48 Å². The molecule has 134 valence electrons. The SMILES string of the molecule is CCN(c1ccc(C(F)(F)F)cc1)C1CCN(c2ccccc2)CC1. The van der Waals surface area contributed by atoms with Crippen molar-refractivity contribution in [3.05, 3.63) is 60.2 Å². The van der Waals surface area contributed by atoms with Crippen LogP contribution in [0.15, 0.2) is 54.6 Å². The van der Waals surface area contributed by atoms with E-state index in [1.807, 2.05) is 18.2 Å². The summed E-state index contributed by atoms with van der Waals surface area (Å²) < 4.78 is 38.2. The van der Waals surface area contributed by atoms with E-state index < -0.39 is 11.7 Å². The van der Waals surface area contributed by atoms with Crippen LogP contribution in [0.5, 0.6) is 0 Å². The molecule has 2 aromatic rings. The first-order valence-corrected chi connectivity index (χ1v) is 8.73. The van der Waals surface area contributed by atoms with Crippen molar-refractivity contribution < 1.29 is 13.2 Å². The summed E-state index contributed by atoms with van der Waals surface area (Å²) in [4.78, 5) is 4.60. The summed E-state index contributed by atoms with van der Waals surface area (Å²) in [6, 6.07) is 16.2. The van der Waals surface area contributed by atoms with E-state index in [1.165, 1.54) is 17.8 Å². The zero-order valence-electron chi connectivity index (χ0n) is 14.3.